The third kappa shape index (κ3) is 3.46. The van der Waals surface area contributed by atoms with Gasteiger partial charge in [0.15, 0.2) is 6.54 Å². The Morgan fingerprint density at radius 1 is 1.05 bits per heavy atom. The van der Waals surface area contributed by atoms with Crippen molar-refractivity contribution in [3.05, 3.63) is 35.9 Å². The van der Waals surface area contributed by atoms with Crippen LogP contribution in [-0.4, -0.2) is 32.1 Å². The van der Waals surface area contributed by atoms with Gasteiger partial charge in [-0.25, -0.2) is 0 Å². The summed E-state index contributed by atoms with van der Waals surface area (Å²) >= 11 is 0. The van der Waals surface area contributed by atoms with Gasteiger partial charge in [0.05, 0.1) is 13.1 Å². The Hall–Kier alpha value is -1.35. The third-order valence-corrected chi connectivity index (χ3v) is 5.29. The van der Waals surface area contributed by atoms with Gasteiger partial charge in [0, 0.05) is 24.8 Å². The molecular weight excluding hydrogens is 260 g/mol. The second kappa shape index (κ2) is 6.61. The number of likely N-dealkylation sites (tertiary alicyclic amines) is 1. The minimum Gasteiger partial charge on any atom is -0.350 e. The molecule has 3 nitrogen and oxygen atoms in total. The monoisotopic (exact) mass is 287 g/mol. The van der Waals surface area contributed by atoms with E-state index in [9.17, 15) is 4.79 Å². The number of nitrogens with one attached hydrogen (secondary N) is 2. The first-order valence-electron chi connectivity index (χ1n) is 8.44. The summed E-state index contributed by atoms with van der Waals surface area (Å²) in [5.41, 5.74) is 1.58. The van der Waals surface area contributed by atoms with Gasteiger partial charge in [0.1, 0.15) is 0 Å². The first-order valence-corrected chi connectivity index (χ1v) is 8.44. The SMILES string of the molecule is O=C(C[NH+]1CCCC1)NCC1(c2ccccc2)CCCC1. The molecule has 1 aromatic rings. The Morgan fingerprint density at radius 2 is 1.71 bits per heavy atom. The van der Waals surface area contributed by atoms with Crippen LogP contribution in [0.15, 0.2) is 30.3 Å². The van der Waals surface area contributed by atoms with Crippen LogP contribution < -0.4 is 10.2 Å². The molecule has 3 rings (SSSR count). The molecule has 1 aromatic carbocycles. The second-order valence-corrected chi connectivity index (χ2v) is 6.76. The van der Waals surface area contributed by atoms with E-state index in [-0.39, 0.29) is 11.3 Å². The number of carbonyl (C=O) groups excluding carboxylic acids is 1. The maximum atomic E-state index is 12.2. The molecule has 2 N–H and O–H groups in total. The molecule has 21 heavy (non-hydrogen) atoms. The second-order valence-electron chi connectivity index (χ2n) is 6.76. The van der Waals surface area contributed by atoms with E-state index in [0.717, 1.165) is 19.6 Å². The van der Waals surface area contributed by atoms with Crippen molar-refractivity contribution in [2.24, 2.45) is 0 Å². The quantitative estimate of drug-likeness (QED) is 0.841. The van der Waals surface area contributed by atoms with Crippen LogP contribution in [0.5, 0.6) is 0 Å². The van der Waals surface area contributed by atoms with E-state index in [0.29, 0.717) is 6.54 Å². The number of amides is 1. The summed E-state index contributed by atoms with van der Waals surface area (Å²) in [4.78, 5) is 13.6. The number of carbonyl (C=O) groups is 1. The molecule has 0 spiro atoms. The fourth-order valence-corrected chi connectivity index (χ4v) is 4.02. The van der Waals surface area contributed by atoms with Crippen LogP contribution in [0, 0.1) is 0 Å². The number of quaternary nitrogens is 1. The summed E-state index contributed by atoms with van der Waals surface area (Å²) in [6.45, 7) is 3.79. The highest BCUT2D eigenvalue weighted by molar-refractivity contribution is 5.77. The van der Waals surface area contributed by atoms with E-state index in [1.165, 1.54) is 49.0 Å². The van der Waals surface area contributed by atoms with Crippen LogP contribution in [0.3, 0.4) is 0 Å². The largest absolute Gasteiger partial charge is 0.350 e. The van der Waals surface area contributed by atoms with Gasteiger partial charge in [-0.15, -0.1) is 0 Å². The zero-order valence-corrected chi connectivity index (χ0v) is 12.9. The maximum Gasteiger partial charge on any atom is 0.275 e. The molecule has 1 heterocycles. The summed E-state index contributed by atoms with van der Waals surface area (Å²) in [5.74, 6) is 0.231. The van der Waals surface area contributed by atoms with Crippen molar-refractivity contribution in [2.75, 3.05) is 26.2 Å². The highest BCUT2D eigenvalue weighted by atomic mass is 16.2. The predicted octanol–water partition coefficient (Wildman–Crippen LogP) is 1.29. The summed E-state index contributed by atoms with van der Waals surface area (Å²) in [7, 11) is 0. The number of benzene rings is 1. The van der Waals surface area contributed by atoms with Gasteiger partial charge < -0.3 is 10.2 Å². The molecule has 2 fully saturated rings. The van der Waals surface area contributed by atoms with Gasteiger partial charge in [0.25, 0.3) is 5.91 Å². The Kier molecular flexibility index (Phi) is 4.59. The van der Waals surface area contributed by atoms with E-state index in [1.54, 1.807) is 0 Å². The van der Waals surface area contributed by atoms with Gasteiger partial charge in [-0.3, -0.25) is 4.79 Å². The zero-order valence-electron chi connectivity index (χ0n) is 12.9. The van der Waals surface area contributed by atoms with E-state index >= 15 is 0 Å². The smallest absolute Gasteiger partial charge is 0.275 e. The van der Waals surface area contributed by atoms with Gasteiger partial charge in [-0.05, 0) is 18.4 Å². The predicted molar refractivity (Wildman–Crippen MR) is 84.4 cm³/mol. The van der Waals surface area contributed by atoms with Crippen LogP contribution in [0.2, 0.25) is 0 Å². The molecule has 0 bridgehead atoms. The summed E-state index contributed by atoms with van der Waals surface area (Å²) in [6.07, 6.45) is 7.51. The first kappa shape index (κ1) is 14.6. The molecule has 0 radical (unpaired) electrons. The zero-order chi connectivity index (χ0) is 14.5. The van der Waals surface area contributed by atoms with Crippen LogP contribution >= 0.6 is 0 Å². The summed E-state index contributed by atoms with van der Waals surface area (Å²) in [5, 5.41) is 3.23. The van der Waals surface area contributed by atoms with Gasteiger partial charge in [-0.1, -0.05) is 43.2 Å². The van der Waals surface area contributed by atoms with Crippen molar-refractivity contribution in [3.8, 4) is 0 Å². The Balaban J connectivity index is 1.59. The van der Waals surface area contributed by atoms with Gasteiger partial charge in [0.2, 0.25) is 0 Å². The molecule has 1 saturated heterocycles. The molecule has 1 aliphatic heterocycles. The van der Waals surface area contributed by atoms with Crippen molar-refractivity contribution in [1.82, 2.24) is 5.32 Å². The van der Waals surface area contributed by atoms with E-state index in [1.807, 2.05) is 0 Å². The lowest BCUT2D eigenvalue weighted by molar-refractivity contribution is -0.879. The molecule has 114 valence electrons. The summed E-state index contributed by atoms with van der Waals surface area (Å²) in [6, 6.07) is 10.8. The van der Waals surface area contributed by atoms with Crippen molar-refractivity contribution in [3.63, 3.8) is 0 Å². The number of hydrogen-bond acceptors (Lipinski definition) is 1. The lowest BCUT2D eigenvalue weighted by Gasteiger charge is -2.30. The molecule has 1 amide bonds. The van der Waals surface area contributed by atoms with Crippen LogP contribution in [-0.2, 0) is 10.2 Å². The molecule has 1 aliphatic carbocycles. The normalized spacial score (nSPS) is 21.5. The molecule has 3 heteroatoms. The van der Waals surface area contributed by atoms with Crippen LogP contribution in [0.4, 0.5) is 0 Å². The van der Waals surface area contributed by atoms with E-state index in [2.05, 4.69) is 35.6 Å². The maximum absolute atomic E-state index is 12.2. The minimum atomic E-state index is 0.178. The molecule has 1 saturated carbocycles. The molecule has 2 aliphatic rings. The third-order valence-electron chi connectivity index (χ3n) is 5.29. The Bertz CT molecular complexity index is 459. The van der Waals surface area contributed by atoms with E-state index in [4.69, 9.17) is 0 Å². The van der Waals surface area contributed by atoms with Crippen molar-refractivity contribution in [1.29, 1.82) is 0 Å². The average Bonchev–Trinajstić information content (AvgIpc) is 3.18. The molecule has 0 atom stereocenters. The van der Waals surface area contributed by atoms with Crippen LogP contribution in [0.25, 0.3) is 0 Å². The Morgan fingerprint density at radius 3 is 2.38 bits per heavy atom. The van der Waals surface area contributed by atoms with Crippen molar-refractivity contribution < 1.29 is 9.69 Å². The highest BCUT2D eigenvalue weighted by Crippen LogP contribution is 2.40. The average molecular weight is 287 g/mol. The first-order chi connectivity index (χ1) is 10.3. The number of rotatable bonds is 5. The van der Waals surface area contributed by atoms with Crippen molar-refractivity contribution >= 4 is 5.91 Å². The fourth-order valence-electron chi connectivity index (χ4n) is 4.02. The van der Waals surface area contributed by atoms with Crippen molar-refractivity contribution in [2.45, 2.75) is 43.9 Å². The topological polar surface area (TPSA) is 33.5 Å². The highest BCUT2D eigenvalue weighted by Gasteiger charge is 2.36. The Labute approximate surface area is 127 Å². The lowest BCUT2D eigenvalue weighted by atomic mass is 9.79. The van der Waals surface area contributed by atoms with Crippen LogP contribution in [0.1, 0.15) is 44.1 Å². The molecule has 0 unspecified atom stereocenters. The van der Waals surface area contributed by atoms with Gasteiger partial charge >= 0.3 is 0 Å². The molecule has 0 aromatic heterocycles. The summed E-state index contributed by atoms with van der Waals surface area (Å²) < 4.78 is 0. The minimum absolute atomic E-state index is 0.178. The number of hydrogen-bond donors (Lipinski definition) is 2. The van der Waals surface area contributed by atoms with Gasteiger partial charge in [-0.2, -0.15) is 0 Å². The molecular formula is C18H27N2O+. The fraction of sp³-hybridized carbons (Fsp3) is 0.611. The lowest BCUT2D eigenvalue weighted by Crippen LogP contribution is -3.11. The van der Waals surface area contributed by atoms with E-state index < -0.39 is 0 Å². The standard InChI is InChI=1S/C18H26N2O/c21-17(14-20-12-6-7-13-20)19-15-18(10-4-5-11-18)16-8-2-1-3-9-16/h1-3,8-9H,4-7,10-15H2,(H,19,21)/p+1.